The Morgan fingerprint density at radius 1 is 1.36 bits per heavy atom. The normalized spacial score (nSPS) is 10.5. The van der Waals surface area contributed by atoms with Gasteiger partial charge in [-0.2, -0.15) is 0 Å². The Kier molecular flexibility index (Phi) is 9.82. The molecule has 0 spiro atoms. The maximum atomic E-state index is 9.04. The van der Waals surface area contributed by atoms with Gasteiger partial charge in [-0.05, 0) is 29.9 Å². The van der Waals surface area contributed by atoms with E-state index in [0.717, 1.165) is 25.9 Å². The van der Waals surface area contributed by atoms with Crippen molar-refractivity contribution in [3.63, 3.8) is 0 Å². The van der Waals surface area contributed by atoms with E-state index in [4.69, 9.17) is 26.2 Å². The molecule has 0 aromatic heterocycles. The summed E-state index contributed by atoms with van der Waals surface area (Å²) in [5, 5.41) is 16.3. The van der Waals surface area contributed by atoms with Gasteiger partial charge < -0.3 is 19.9 Å². The second-order valence-corrected chi connectivity index (χ2v) is 4.84. The van der Waals surface area contributed by atoms with Crippen LogP contribution in [0.15, 0.2) is 42.5 Å². The van der Waals surface area contributed by atoms with E-state index >= 15 is 0 Å². The monoisotopic (exact) mass is 303 g/mol. The Labute approximate surface area is 130 Å². The maximum absolute atomic E-state index is 9.04. The molecule has 1 atom stereocenters. The predicted molar refractivity (Wildman–Crippen MR) is 82.0 cm³/mol. The quantitative estimate of drug-likeness (QED) is 0.407. The molecule has 0 aliphatic carbocycles. The molecule has 1 unspecified atom stereocenters. The summed E-state index contributed by atoms with van der Waals surface area (Å²) in [6.07, 6.45) is 7.39. The molecule has 0 saturated heterocycles. The Morgan fingerprint density at radius 2 is 1.91 bits per heavy atom. The fourth-order valence-corrected chi connectivity index (χ4v) is 1.72. The third kappa shape index (κ3) is 10.2. The largest absolute Gasteiger partial charge is 0.539 e. The third-order valence-electron chi connectivity index (χ3n) is 2.74. The molecule has 22 heavy (non-hydrogen) atoms. The van der Waals surface area contributed by atoms with Crippen molar-refractivity contribution in [1.29, 1.82) is 0 Å². The molecule has 0 heterocycles. The maximum Gasteiger partial charge on any atom is 0.351 e. The van der Waals surface area contributed by atoms with Crippen molar-refractivity contribution in [3.05, 3.63) is 48.0 Å². The highest BCUT2D eigenvalue weighted by Crippen LogP contribution is 2.06. The first-order valence-electron chi connectivity index (χ1n) is 6.76. The van der Waals surface area contributed by atoms with Crippen LogP contribution in [0.1, 0.15) is 12.0 Å². The summed E-state index contributed by atoms with van der Waals surface area (Å²) in [4.78, 5) is 19.4. The molecule has 5 nitrogen and oxygen atoms in total. The molecule has 1 rings (SSSR count). The number of carbonyl (C=O) groups excluding carboxylic acids is 1. The highest BCUT2D eigenvalue weighted by atomic mass is 16.4. The third-order valence-corrected chi connectivity index (χ3v) is 2.74. The van der Waals surface area contributed by atoms with Gasteiger partial charge in [-0.25, -0.2) is 4.79 Å². The van der Waals surface area contributed by atoms with E-state index in [1.165, 1.54) is 16.0 Å². The molecular weight excluding hydrogens is 282 g/mol. The van der Waals surface area contributed by atoms with Crippen LogP contribution in [0.2, 0.25) is 0 Å². The van der Waals surface area contributed by atoms with Crippen LogP contribution in [0.25, 0.3) is 0 Å². The molecule has 0 fully saturated rings. The number of aryl methyl sites for hydroxylation is 1. The van der Waals surface area contributed by atoms with Gasteiger partial charge in [-0.1, -0.05) is 36.9 Å². The summed E-state index contributed by atoms with van der Waals surface area (Å²) in [6.45, 7) is 5.84. The lowest BCUT2D eigenvalue weighted by Gasteiger charge is -2.12. The van der Waals surface area contributed by atoms with Crippen molar-refractivity contribution in [2.24, 2.45) is 0 Å². The summed E-state index contributed by atoms with van der Waals surface area (Å²) in [5.74, 6) is -1.34. The molecule has 0 aliphatic heterocycles. The molecule has 1 aromatic rings. The molecule has 0 radical (unpaired) electrons. The number of nitrogens with one attached hydrogen (secondary N) is 1. The second-order valence-electron chi connectivity index (χ2n) is 4.84. The summed E-state index contributed by atoms with van der Waals surface area (Å²) >= 11 is 0. The first-order chi connectivity index (χ1) is 10.4. The van der Waals surface area contributed by atoms with Crippen molar-refractivity contribution in [1.82, 2.24) is 0 Å². The van der Waals surface area contributed by atoms with Gasteiger partial charge >= 0.3 is 5.97 Å². The first kappa shape index (κ1) is 19.4. The average molecular weight is 303 g/mol. The summed E-state index contributed by atoms with van der Waals surface area (Å²) in [5.41, 5.74) is 2.65. The molecule has 0 bridgehead atoms. The van der Waals surface area contributed by atoms with E-state index in [1.807, 2.05) is 6.07 Å². The number of quaternary nitrogens is 1. The van der Waals surface area contributed by atoms with Gasteiger partial charge in [0.1, 0.15) is 6.54 Å². The van der Waals surface area contributed by atoms with Crippen molar-refractivity contribution < 1.29 is 24.7 Å². The Hall–Kier alpha value is -2.58. The molecule has 118 valence electrons. The van der Waals surface area contributed by atoms with Crippen LogP contribution in [0.4, 0.5) is 0 Å². The lowest BCUT2D eigenvalue weighted by atomic mass is 10.1. The first-order valence-corrected chi connectivity index (χ1v) is 6.76. The van der Waals surface area contributed by atoms with Crippen LogP contribution in [0, 0.1) is 12.3 Å². The van der Waals surface area contributed by atoms with Crippen LogP contribution >= 0.6 is 0 Å². The number of rotatable bonds is 6. The molecule has 0 aliphatic rings. The summed E-state index contributed by atoms with van der Waals surface area (Å²) in [7, 11) is 2.10. The van der Waals surface area contributed by atoms with Crippen LogP contribution < -0.4 is 10.0 Å². The number of hydrogen-bond donors (Lipinski definition) is 2. The lowest BCUT2D eigenvalue weighted by Crippen LogP contribution is -3.09. The predicted octanol–water partition coefficient (Wildman–Crippen LogP) is -0.856. The van der Waals surface area contributed by atoms with Gasteiger partial charge in [0, 0.05) is 0 Å². The fraction of sp³-hybridized carbons (Fsp3) is 0.294. The summed E-state index contributed by atoms with van der Waals surface area (Å²) in [6, 6.07) is 10.5. The smallest absolute Gasteiger partial charge is 0.351 e. The molecule has 0 saturated carbocycles. The Bertz CT molecular complexity index is 519. The molecule has 2 N–H and O–H groups in total. The van der Waals surface area contributed by atoms with E-state index in [9.17, 15) is 0 Å². The lowest BCUT2D eigenvalue weighted by molar-refractivity contribution is -0.866. The minimum absolute atomic E-state index is 0.768. The number of carboxylic acids is 2. The number of likely N-dealkylation sites (N-methyl/N-ethyl adjacent to an activating group) is 1. The van der Waals surface area contributed by atoms with Crippen molar-refractivity contribution in [3.8, 4) is 12.3 Å². The van der Waals surface area contributed by atoms with Gasteiger partial charge in [0.15, 0.2) is 5.97 Å². The average Bonchev–Trinajstić information content (AvgIpc) is 2.47. The van der Waals surface area contributed by atoms with Crippen LogP contribution in [-0.4, -0.2) is 37.2 Å². The molecule has 1 aromatic carbocycles. The zero-order valence-electron chi connectivity index (χ0n) is 12.7. The zero-order valence-corrected chi connectivity index (χ0v) is 12.7. The Morgan fingerprint density at radius 3 is 2.36 bits per heavy atom. The van der Waals surface area contributed by atoms with Crippen molar-refractivity contribution in [2.45, 2.75) is 12.8 Å². The van der Waals surface area contributed by atoms with E-state index in [-0.39, 0.29) is 0 Å². The second kappa shape index (κ2) is 11.1. The SMILES string of the molecule is C#CC[NH+](C)CC(=C)CCc1ccccc1.O=C([O-])C(=O)O. The molecular formula is C17H21NO4. The standard InChI is InChI=1S/C15H19N.C2H2O4/c1-4-12-16(3)13-14(2)10-11-15-8-6-5-7-9-15;3-1(4)2(5)6/h1,5-9H,2,10-13H2,3H3;(H,3,4)(H,5,6). The van der Waals surface area contributed by atoms with Gasteiger partial charge in [0.05, 0.1) is 13.6 Å². The number of benzene rings is 1. The van der Waals surface area contributed by atoms with Crippen molar-refractivity contribution in [2.75, 3.05) is 20.1 Å². The number of aliphatic carboxylic acids is 2. The number of carbonyl (C=O) groups is 2. The molecule has 0 amide bonds. The Balaban J connectivity index is 0.000000626. The van der Waals surface area contributed by atoms with Crippen LogP contribution in [-0.2, 0) is 16.0 Å². The minimum Gasteiger partial charge on any atom is -0.539 e. The van der Waals surface area contributed by atoms with Crippen LogP contribution in [0.3, 0.4) is 0 Å². The van der Waals surface area contributed by atoms with E-state index in [0.29, 0.717) is 0 Å². The minimum atomic E-state index is -2.07. The van der Waals surface area contributed by atoms with E-state index in [1.54, 1.807) is 0 Å². The number of carboxylic acid groups (broad SMARTS) is 2. The van der Waals surface area contributed by atoms with E-state index < -0.39 is 11.9 Å². The number of hydrogen-bond acceptors (Lipinski definition) is 3. The topological polar surface area (TPSA) is 81.9 Å². The zero-order chi connectivity index (χ0) is 17.0. The summed E-state index contributed by atoms with van der Waals surface area (Å²) < 4.78 is 0. The van der Waals surface area contributed by atoms with Crippen LogP contribution in [0.5, 0.6) is 0 Å². The molecule has 5 heteroatoms. The van der Waals surface area contributed by atoms with Gasteiger partial charge in [0.2, 0.25) is 0 Å². The highest BCUT2D eigenvalue weighted by Gasteiger charge is 2.03. The van der Waals surface area contributed by atoms with Crippen molar-refractivity contribution >= 4 is 11.9 Å². The fourth-order valence-electron chi connectivity index (χ4n) is 1.72. The van der Waals surface area contributed by atoms with Gasteiger partial charge in [-0.15, -0.1) is 6.42 Å². The van der Waals surface area contributed by atoms with E-state index in [2.05, 4.69) is 43.8 Å². The highest BCUT2D eigenvalue weighted by molar-refractivity contribution is 6.26. The van der Waals surface area contributed by atoms with Gasteiger partial charge in [0.25, 0.3) is 0 Å². The van der Waals surface area contributed by atoms with Gasteiger partial charge in [-0.3, -0.25) is 0 Å². The number of terminal acetylenes is 1.